The molecule has 0 aromatic heterocycles. The molecule has 14 heteroatoms. The number of esters is 2. The van der Waals surface area contributed by atoms with Crippen LogP contribution in [0.2, 0.25) is 0 Å². The third-order valence-corrected chi connectivity index (χ3v) is 3.71. The number of aliphatic hydroxyl groups is 1. The minimum absolute atomic E-state index is 0.0893. The summed E-state index contributed by atoms with van der Waals surface area (Å²) in [4.78, 5) is 51.5. The van der Waals surface area contributed by atoms with E-state index >= 15 is 0 Å². The van der Waals surface area contributed by atoms with Crippen molar-refractivity contribution in [1.82, 2.24) is 0 Å². The number of nitro groups is 1. The molecule has 3 unspecified atom stereocenters. The summed E-state index contributed by atoms with van der Waals surface area (Å²) in [5.41, 5.74) is -0.0109. The van der Waals surface area contributed by atoms with E-state index in [0.29, 0.717) is 5.56 Å². The number of nitrogens with zero attached hydrogens (tertiary/aromatic N) is 1. The molecule has 34 heavy (non-hydrogen) atoms. The average Bonchev–Trinajstić information content (AvgIpc) is 2.71. The molecule has 0 aliphatic carbocycles. The van der Waals surface area contributed by atoms with Crippen molar-refractivity contribution in [1.29, 1.82) is 0 Å². The summed E-state index contributed by atoms with van der Waals surface area (Å²) >= 11 is 0. The standard InChI is InChI=1S/C16H19NO9.2C2H4O2/c1-9(19)24-11-6-14(16(20)23-2)26-15(7-11)25-13-4-3-10(8-18)5-12(13)17(21)22;2*1-2(3)4/h3-5,11,14-15,18H,6-8H2,1-2H3;2*1H3,(H,3,4). The normalized spacial score (nSPS) is 18.6. The number of aliphatic hydroxyl groups excluding tert-OH is 1. The fraction of sp³-hybridized carbons (Fsp3) is 0.500. The SMILES string of the molecule is CC(=O)O.CC(=O)O.COC(=O)C1CC(OC(C)=O)CC(Oc2ccc(CO)cc2[N+](=O)[O-])O1. The second-order valence-corrected chi connectivity index (χ2v) is 6.65. The summed E-state index contributed by atoms with van der Waals surface area (Å²) in [5.74, 6) is -2.96. The molecular weight excluding hydrogens is 462 g/mol. The van der Waals surface area contributed by atoms with Gasteiger partial charge in [0.05, 0.1) is 18.6 Å². The molecule has 3 atom stereocenters. The van der Waals surface area contributed by atoms with Crippen LogP contribution in [0.5, 0.6) is 5.75 Å². The first kappa shape index (κ1) is 30.2. The Labute approximate surface area is 194 Å². The number of nitro benzene ring substituents is 1. The molecule has 1 aliphatic heterocycles. The Morgan fingerprint density at radius 2 is 1.68 bits per heavy atom. The lowest BCUT2D eigenvalue weighted by atomic mass is 10.0. The van der Waals surface area contributed by atoms with E-state index in [9.17, 15) is 19.7 Å². The number of carboxylic acid groups (broad SMARTS) is 2. The van der Waals surface area contributed by atoms with Gasteiger partial charge in [-0.2, -0.15) is 0 Å². The van der Waals surface area contributed by atoms with Gasteiger partial charge in [0.2, 0.25) is 6.29 Å². The van der Waals surface area contributed by atoms with Crippen molar-refractivity contribution >= 4 is 29.6 Å². The van der Waals surface area contributed by atoms with Crippen LogP contribution in [0.15, 0.2) is 18.2 Å². The number of ether oxygens (including phenoxy) is 4. The average molecular weight is 489 g/mol. The summed E-state index contributed by atoms with van der Waals surface area (Å²) in [5, 5.41) is 35.2. The fourth-order valence-electron chi connectivity index (χ4n) is 2.58. The Hall–Kier alpha value is -3.78. The number of rotatable bonds is 6. The van der Waals surface area contributed by atoms with Gasteiger partial charge in [0.15, 0.2) is 11.9 Å². The highest BCUT2D eigenvalue weighted by molar-refractivity contribution is 5.75. The Balaban J connectivity index is 0.00000118. The Morgan fingerprint density at radius 3 is 2.12 bits per heavy atom. The highest BCUT2D eigenvalue weighted by atomic mass is 16.7. The van der Waals surface area contributed by atoms with Crippen molar-refractivity contribution in [2.45, 2.75) is 58.7 Å². The van der Waals surface area contributed by atoms with E-state index < -0.39 is 47.3 Å². The fourth-order valence-corrected chi connectivity index (χ4v) is 2.58. The van der Waals surface area contributed by atoms with Crippen LogP contribution in [0.25, 0.3) is 0 Å². The van der Waals surface area contributed by atoms with Crippen molar-refractivity contribution < 1.29 is 58.4 Å². The van der Waals surface area contributed by atoms with Gasteiger partial charge < -0.3 is 34.3 Å². The number of benzene rings is 1. The van der Waals surface area contributed by atoms with Crippen LogP contribution in [0, 0.1) is 10.1 Å². The number of aliphatic carboxylic acids is 2. The zero-order valence-corrected chi connectivity index (χ0v) is 19.0. The zero-order chi connectivity index (χ0) is 26.4. The molecule has 1 aliphatic rings. The maximum absolute atomic E-state index is 11.8. The van der Waals surface area contributed by atoms with Gasteiger partial charge in [0.1, 0.15) is 6.10 Å². The summed E-state index contributed by atoms with van der Waals surface area (Å²) in [6.07, 6.45) is -2.57. The second-order valence-electron chi connectivity index (χ2n) is 6.65. The maximum Gasteiger partial charge on any atom is 0.335 e. The number of carbonyl (C=O) groups excluding carboxylic acids is 2. The predicted molar refractivity (Wildman–Crippen MR) is 112 cm³/mol. The summed E-state index contributed by atoms with van der Waals surface area (Å²) in [7, 11) is 1.19. The van der Waals surface area contributed by atoms with Gasteiger partial charge in [0, 0.05) is 39.7 Å². The molecule has 1 heterocycles. The molecule has 0 radical (unpaired) electrons. The lowest BCUT2D eigenvalue weighted by molar-refractivity contribution is -0.386. The minimum Gasteiger partial charge on any atom is -0.481 e. The first-order valence-corrected chi connectivity index (χ1v) is 9.65. The molecule has 14 nitrogen and oxygen atoms in total. The number of carboxylic acids is 2. The molecule has 1 fully saturated rings. The van der Waals surface area contributed by atoms with Gasteiger partial charge in [-0.3, -0.25) is 24.5 Å². The maximum atomic E-state index is 11.8. The van der Waals surface area contributed by atoms with Crippen LogP contribution in [0.3, 0.4) is 0 Å². The van der Waals surface area contributed by atoms with Gasteiger partial charge in [-0.25, -0.2) is 4.79 Å². The minimum atomic E-state index is -1.06. The van der Waals surface area contributed by atoms with Crippen LogP contribution in [0.4, 0.5) is 5.69 Å². The van der Waals surface area contributed by atoms with E-state index in [4.69, 9.17) is 39.1 Å². The lowest BCUT2D eigenvalue weighted by Crippen LogP contribution is -2.44. The predicted octanol–water partition coefficient (Wildman–Crippen LogP) is 1.26. The molecule has 190 valence electrons. The monoisotopic (exact) mass is 489 g/mol. The van der Waals surface area contributed by atoms with Crippen LogP contribution >= 0.6 is 0 Å². The molecule has 0 spiro atoms. The smallest absolute Gasteiger partial charge is 0.335 e. The summed E-state index contributed by atoms with van der Waals surface area (Å²) in [6, 6.07) is 3.97. The van der Waals surface area contributed by atoms with Crippen molar-refractivity contribution in [2.24, 2.45) is 0 Å². The van der Waals surface area contributed by atoms with Crippen LogP contribution in [0.1, 0.15) is 39.2 Å². The first-order valence-electron chi connectivity index (χ1n) is 9.65. The topological polar surface area (TPSA) is 209 Å². The van der Waals surface area contributed by atoms with Crippen molar-refractivity contribution in [3.8, 4) is 5.75 Å². The Kier molecular flexibility index (Phi) is 13.4. The highest BCUT2D eigenvalue weighted by Gasteiger charge is 2.38. The van der Waals surface area contributed by atoms with Gasteiger partial charge in [-0.15, -0.1) is 0 Å². The van der Waals surface area contributed by atoms with Gasteiger partial charge in [-0.05, 0) is 11.6 Å². The molecule has 3 N–H and O–H groups in total. The molecule has 1 aromatic rings. The largest absolute Gasteiger partial charge is 0.481 e. The quantitative estimate of drug-likeness (QED) is 0.292. The van der Waals surface area contributed by atoms with E-state index in [2.05, 4.69) is 4.74 Å². The van der Waals surface area contributed by atoms with Crippen molar-refractivity contribution in [3.05, 3.63) is 33.9 Å². The van der Waals surface area contributed by atoms with Gasteiger partial charge in [-0.1, -0.05) is 6.07 Å². The molecule has 2 rings (SSSR count). The number of hydrogen-bond donors (Lipinski definition) is 3. The molecule has 0 saturated carbocycles. The first-order chi connectivity index (χ1) is 15.8. The van der Waals surface area contributed by atoms with Crippen LogP contribution < -0.4 is 4.74 Å². The third-order valence-electron chi connectivity index (χ3n) is 3.71. The number of methoxy groups -OCH3 is 1. The van der Waals surface area contributed by atoms with E-state index in [1.807, 2.05) is 0 Å². The summed E-state index contributed by atoms with van der Waals surface area (Å²) in [6.45, 7) is 3.04. The molecule has 1 aromatic carbocycles. The Bertz CT molecular complexity index is 850. The molecular formula is C20H27NO13. The highest BCUT2D eigenvalue weighted by Crippen LogP contribution is 2.32. The number of carbonyl (C=O) groups is 4. The molecule has 1 saturated heterocycles. The van der Waals surface area contributed by atoms with Crippen molar-refractivity contribution in [2.75, 3.05) is 7.11 Å². The molecule has 0 amide bonds. The zero-order valence-electron chi connectivity index (χ0n) is 19.0. The van der Waals surface area contributed by atoms with Crippen LogP contribution in [-0.4, -0.2) is 69.7 Å². The summed E-state index contributed by atoms with van der Waals surface area (Å²) < 4.78 is 20.8. The second kappa shape index (κ2) is 15.1. The third kappa shape index (κ3) is 12.3. The Morgan fingerprint density at radius 1 is 1.12 bits per heavy atom. The van der Waals surface area contributed by atoms with Crippen molar-refractivity contribution in [3.63, 3.8) is 0 Å². The molecule has 0 bridgehead atoms. The van der Waals surface area contributed by atoms with Gasteiger partial charge >= 0.3 is 17.6 Å². The lowest BCUT2D eigenvalue weighted by Gasteiger charge is -2.33. The number of hydrogen-bond acceptors (Lipinski definition) is 11. The van der Waals surface area contributed by atoms with Crippen LogP contribution in [-0.2, 0) is 40.0 Å². The van der Waals surface area contributed by atoms with E-state index in [1.54, 1.807) is 0 Å². The van der Waals surface area contributed by atoms with E-state index in [1.165, 1.54) is 32.2 Å². The van der Waals surface area contributed by atoms with E-state index in [0.717, 1.165) is 13.8 Å². The van der Waals surface area contributed by atoms with Gasteiger partial charge in [0.25, 0.3) is 11.9 Å². The van der Waals surface area contributed by atoms with E-state index in [-0.39, 0.29) is 30.9 Å².